The molecule has 3 aromatic rings. The van der Waals surface area contributed by atoms with Crippen LogP contribution >= 0.6 is 0 Å². The number of amides is 1. The summed E-state index contributed by atoms with van der Waals surface area (Å²) in [7, 11) is 0. The Morgan fingerprint density at radius 3 is 2.62 bits per heavy atom. The monoisotopic (exact) mass is 572 g/mol. The molecule has 2 aliphatic rings. The van der Waals surface area contributed by atoms with Crippen molar-refractivity contribution in [3.8, 4) is 0 Å². The van der Waals surface area contributed by atoms with Crippen LogP contribution in [0.15, 0.2) is 66.8 Å². The van der Waals surface area contributed by atoms with Gasteiger partial charge in [0.1, 0.15) is 17.7 Å². The van der Waals surface area contributed by atoms with Gasteiger partial charge in [0.2, 0.25) is 5.91 Å². The number of para-hydroxylation sites is 1. The number of hydrogen-bond donors (Lipinski definition) is 1. The number of nitrogens with zero attached hydrogens (tertiary/aromatic N) is 1. The molecule has 0 unspecified atom stereocenters. The van der Waals surface area contributed by atoms with E-state index < -0.39 is 29.4 Å². The van der Waals surface area contributed by atoms with Gasteiger partial charge in [-0.25, -0.2) is 13.8 Å². The van der Waals surface area contributed by atoms with Crippen molar-refractivity contribution in [1.29, 1.82) is 0 Å². The van der Waals surface area contributed by atoms with Crippen molar-refractivity contribution in [3.63, 3.8) is 0 Å². The molecule has 42 heavy (non-hydrogen) atoms. The van der Waals surface area contributed by atoms with Crippen molar-refractivity contribution in [3.05, 3.63) is 95.2 Å². The van der Waals surface area contributed by atoms with Crippen molar-refractivity contribution >= 4 is 34.1 Å². The van der Waals surface area contributed by atoms with Gasteiger partial charge < -0.3 is 10.1 Å². The number of aromatic nitrogens is 1. The van der Waals surface area contributed by atoms with E-state index in [9.17, 15) is 23.2 Å². The first kappa shape index (κ1) is 29.3. The Morgan fingerprint density at radius 2 is 1.83 bits per heavy atom. The van der Waals surface area contributed by atoms with E-state index in [0.717, 1.165) is 62.3 Å². The molecule has 2 aromatic carbocycles. The number of ketones is 1. The van der Waals surface area contributed by atoms with Crippen molar-refractivity contribution in [2.75, 3.05) is 0 Å². The van der Waals surface area contributed by atoms with Gasteiger partial charge >= 0.3 is 5.97 Å². The molecule has 8 heteroatoms. The first-order chi connectivity index (χ1) is 20.4. The summed E-state index contributed by atoms with van der Waals surface area (Å²) in [6, 6.07) is 12.1. The molecule has 0 bridgehead atoms. The van der Waals surface area contributed by atoms with Gasteiger partial charge in [0, 0.05) is 41.8 Å². The summed E-state index contributed by atoms with van der Waals surface area (Å²) in [4.78, 5) is 44.6. The SMILES string of the molecule is O=C(CC[C@H](CC(=O)c1cc(C2=CCC=C2)nc2ccccc12)C(=O)NCc1cc(F)ccc1F)OC1CCCCC1. The highest BCUT2D eigenvalue weighted by Crippen LogP contribution is 2.28. The summed E-state index contributed by atoms with van der Waals surface area (Å²) in [6.07, 6.45) is 11.4. The minimum Gasteiger partial charge on any atom is -0.462 e. The summed E-state index contributed by atoms with van der Waals surface area (Å²) in [5, 5.41) is 3.31. The van der Waals surface area contributed by atoms with E-state index in [2.05, 4.69) is 5.32 Å². The van der Waals surface area contributed by atoms with Crippen LogP contribution < -0.4 is 5.32 Å². The minimum atomic E-state index is -0.881. The molecule has 0 aliphatic heterocycles. The molecule has 1 heterocycles. The van der Waals surface area contributed by atoms with Gasteiger partial charge in [-0.05, 0) is 74.4 Å². The van der Waals surface area contributed by atoms with Crippen LogP contribution in [0, 0.1) is 17.6 Å². The number of hydrogen-bond acceptors (Lipinski definition) is 5. The number of pyridine rings is 1. The Morgan fingerprint density at radius 1 is 1.02 bits per heavy atom. The molecule has 1 saturated carbocycles. The lowest BCUT2D eigenvalue weighted by atomic mass is 9.91. The van der Waals surface area contributed by atoms with Crippen molar-refractivity contribution in [2.24, 2.45) is 5.92 Å². The average molecular weight is 573 g/mol. The van der Waals surface area contributed by atoms with Crippen molar-refractivity contribution in [1.82, 2.24) is 10.3 Å². The number of nitrogens with one attached hydrogen (secondary N) is 1. The van der Waals surface area contributed by atoms with Crippen LogP contribution in [0.2, 0.25) is 0 Å². The summed E-state index contributed by atoms with van der Waals surface area (Å²) < 4.78 is 33.5. The highest BCUT2D eigenvalue weighted by atomic mass is 19.1. The molecule has 1 N–H and O–H groups in total. The van der Waals surface area contributed by atoms with Crippen LogP contribution in [0.1, 0.15) is 79.4 Å². The third-order valence-corrected chi connectivity index (χ3v) is 7.89. The number of ether oxygens (including phenoxy) is 1. The fourth-order valence-corrected chi connectivity index (χ4v) is 5.59. The third-order valence-electron chi connectivity index (χ3n) is 7.89. The topological polar surface area (TPSA) is 85.4 Å². The predicted molar refractivity (Wildman–Crippen MR) is 156 cm³/mol. The fourth-order valence-electron chi connectivity index (χ4n) is 5.59. The Hall–Kier alpha value is -4.20. The number of Topliss-reactive ketones (excluding diaryl/α,β-unsaturated/α-hetero) is 1. The second-order valence-corrected chi connectivity index (χ2v) is 10.9. The number of carbonyl (C=O) groups excluding carboxylic acids is 3. The summed E-state index contributed by atoms with van der Waals surface area (Å²) in [5.41, 5.74) is 2.69. The van der Waals surface area contributed by atoms with Crippen LogP contribution in [-0.2, 0) is 20.9 Å². The summed E-state index contributed by atoms with van der Waals surface area (Å²) >= 11 is 0. The van der Waals surface area contributed by atoms with Crippen LogP contribution in [0.3, 0.4) is 0 Å². The highest BCUT2D eigenvalue weighted by Gasteiger charge is 2.27. The number of rotatable bonds is 11. The lowest BCUT2D eigenvalue weighted by Crippen LogP contribution is -2.33. The largest absolute Gasteiger partial charge is 0.462 e. The maximum Gasteiger partial charge on any atom is 0.306 e. The maximum absolute atomic E-state index is 14.2. The molecule has 0 saturated heterocycles. The average Bonchev–Trinajstić information content (AvgIpc) is 3.55. The Balaban J connectivity index is 1.35. The zero-order valence-electron chi connectivity index (χ0n) is 23.4. The lowest BCUT2D eigenvalue weighted by molar-refractivity contribution is -0.150. The van der Waals surface area contributed by atoms with Crippen molar-refractivity contribution in [2.45, 2.75) is 70.4 Å². The molecule has 218 valence electrons. The molecule has 1 atom stereocenters. The zero-order chi connectivity index (χ0) is 29.5. The van der Waals surface area contributed by atoms with E-state index in [1.807, 2.05) is 42.5 Å². The van der Waals surface area contributed by atoms with Gasteiger partial charge in [0.15, 0.2) is 5.78 Å². The molecule has 2 aliphatic carbocycles. The Kier molecular flexibility index (Phi) is 9.52. The number of halogens is 2. The third kappa shape index (κ3) is 7.35. The number of esters is 1. The summed E-state index contributed by atoms with van der Waals surface area (Å²) in [6.45, 7) is -0.248. The predicted octanol–water partition coefficient (Wildman–Crippen LogP) is 7.02. The number of fused-ring (bicyclic) bond motifs is 1. The molecule has 5 rings (SSSR count). The summed E-state index contributed by atoms with van der Waals surface area (Å²) in [5.74, 6) is -3.33. The van der Waals surface area contributed by atoms with Gasteiger partial charge in [0.25, 0.3) is 0 Å². The smallest absolute Gasteiger partial charge is 0.306 e. The van der Waals surface area contributed by atoms with Crippen LogP contribution in [-0.4, -0.2) is 28.7 Å². The van der Waals surface area contributed by atoms with Crippen LogP contribution in [0.5, 0.6) is 0 Å². The van der Waals surface area contributed by atoms with E-state index in [0.29, 0.717) is 22.2 Å². The first-order valence-corrected chi connectivity index (χ1v) is 14.6. The Labute approximate surface area is 243 Å². The van der Waals surface area contributed by atoms with E-state index in [1.54, 1.807) is 6.07 Å². The van der Waals surface area contributed by atoms with E-state index in [1.165, 1.54) is 0 Å². The zero-order valence-corrected chi connectivity index (χ0v) is 23.4. The van der Waals surface area contributed by atoms with Crippen LogP contribution in [0.25, 0.3) is 16.5 Å². The van der Waals surface area contributed by atoms with Gasteiger partial charge in [-0.2, -0.15) is 0 Å². The van der Waals surface area contributed by atoms with E-state index in [-0.39, 0.29) is 43.3 Å². The van der Waals surface area contributed by atoms with E-state index in [4.69, 9.17) is 9.72 Å². The lowest BCUT2D eigenvalue weighted by Gasteiger charge is -2.22. The second kappa shape index (κ2) is 13.6. The minimum absolute atomic E-state index is 0.00667. The molecular formula is C34H34F2N2O4. The molecule has 0 spiro atoms. The van der Waals surface area contributed by atoms with Gasteiger partial charge in [-0.3, -0.25) is 14.4 Å². The van der Waals surface area contributed by atoms with E-state index >= 15 is 0 Å². The normalized spacial score (nSPS) is 15.8. The molecule has 1 amide bonds. The molecular weight excluding hydrogens is 538 g/mol. The Bertz CT molecular complexity index is 1540. The molecule has 1 aromatic heterocycles. The maximum atomic E-state index is 14.2. The van der Waals surface area contributed by atoms with Crippen molar-refractivity contribution < 1.29 is 27.9 Å². The first-order valence-electron chi connectivity index (χ1n) is 14.6. The molecule has 0 radical (unpaired) electrons. The quantitative estimate of drug-likeness (QED) is 0.197. The molecule has 1 fully saturated rings. The number of benzene rings is 2. The number of carbonyl (C=O) groups is 3. The van der Waals surface area contributed by atoms with Gasteiger partial charge in [-0.15, -0.1) is 0 Å². The van der Waals surface area contributed by atoms with Crippen LogP contribution in [0.4, 0.5) is 8.78 Å². The van der Waals surface area contributed by atoms with Gasteiger partial charge in [0.05, 0.1) is 11.2 Å². The van der Waals surface area contributed by atoms with Gasteiger partial charge in [-0.1, -0.05) is 42.8 Å². The fraction of sp³-hybridized carbons (Fsp3) is 0.353. The highest BCUT2D eigenvalue weighted by molar-refractivity contribution is 6.09. The molecule has 6 nitrogen and oxygen atoms in total. The second-order valence-electron chi connectivity index (χ2n) is 10.9. The number of allylic oxidation sites excluding steroid dienone is 4. The standard InChI is InChI=1S/C34H34F2N2O4/c35-25-15-16-29(36)24(18-25)21-37-34(41)23(14-17-33(40)42-26-10-2-1-3-11-26)19-32(39)28-20-31(22-8-4-5-9-22)38-30-13-7-6-12-27(28)30/h4,6-9,12-13,15-16,18,20,23,26H,1-3,5,10-11,14,17,19,21H2,(H,37,41)/t23-/m1/s1.